The Bertz CT molecular complexity index is 892. The van der Waals surface area contributed by atoms with Crippen molar-refractivity contribution in [1.82, 2.24) is 9.78 Å². The van der Waals surface area contributed by atoms with Gasteiger partial charge < -0.3 is 14.8 Å². The summed E-state index contributed by atoms with van der Waals surface area (Å²) in [7, 11) is 0. The molecule has 1 aromatic heterocycles. The predicted octanol–water partition coefficient (Wildman–Crippen LogP) is 2.90. The zero-order chi connectivity index (χ0) is 17.8. The molecule has 6 heteroatoms. The Morgan fingerprint density at radius 3 is 2.73 bits per heavy atom. The third-order valence-electron chi connectivity index (χ3n) is 4.08. The number of hydrogen-bond acceptors (Lipinski definition) is 4. The van der Waals surface area contributed by atoms with Crippen LogP contribution in [0.25, 0.3) is 0 Å². The van der Waals surface area contributed by atoms with E-state index in [1.807, 2.05) is 54.6 Å². The molecule has 0 saturated carbocycles. The van der Waals surface area contributed by atoms with E-state index in [4.69, 9.17) is 9.47 Å². The Morgan fingerprint density at radius 1 is 1.12 bits per heavy atom. The summed E-state index contributed by atoms with van der Waals surface area (Å²) in [4.78, 5) is 12.1. The molecule has 0 saturated heterocycles. The summed E-state index contributed by atoms with van der Waals surface area (Å²) in [6, 6.07) is 17.2. The van der Waals surface area contributed by atoms with Crippen molar-refractivity contribution in [3.63, 3.8) is 0 Å². The van der Waals surface area contributed by atoms with Gasteiger partial charge in [-0.15, -0.1) is 0 Å². The number of carbonyl (C=O) groups is 1. The second-order valence-corrected chi connectivity index (χ2v) is 6.16. The highest BCUT2D eigenvalue weighted by atomic mass is 16.6. The highest BCUT2D eigenvalue weighted by Crippen LogP contribution is 2.31. The topological polar surface area (TPSA) is 65.4 Å². The number of nitrogens with one attached hydrogen (secondary N) is 1. The molecule has 6 nitrogen and oxygen atoms in total. The Morgan fingerprint density at radius 2 is 1.88 bits per heavy atom. The van der Waals surface area contributed by atoms with Crippen LogP contribution in [0.4, 0.5) is 5.69 Å². The van der Waals surface area contributed by atoms with Crippen LogP contribution in [-0.4, -0.2) is 28.4 Å². The summed E-state index contributed by atoms with van der Waals surface area (Å²) in [5.41, 5.74) is 1.65. The van der Waals surface area contributed by atoms with Crippen molar-refractivity contribution < 1.29 is 14.3 Å². The summed E-state index contributed by atoms with van der Waals surface area (Å²) in [5.74, 6) is 1.44. The summed E-state index contributed by atoms with van der Waals surface area (Å²) in [6.07, 6.45) is 3.65. The Labute approximate surface area is 151 Å². The van der Waals surface area contributed by atoms with E-state index < -0.39 is 0 Å². The SMILES string of the molecule is O=C(Cc1ccccc1)Nc1cnn(CC2COc3ccccc3O2)c1. The van der Waals surface area contributed by atoms with E-state index in [1.54, 1.807) is 17.1 Å². The van der Waals surface area contributed by atoms with Gasteiger partial charge in [0.15, 0.2) is 17.6 Å². The van der Waals surface area contributed by atoms with E-state index in [9.17, 15) is 4.79 Å². The third-order valence-corrected chi connectivity index (χ3v) is 4.08. The zero-order valence-electron chi connectivity index (χ0n) is 14.2. The van der Waals surface area contributed by atoms with Crippen molar-refractivity contribution >= 4 is 11.6 Å². The molecule has 2 heterocycles. The van der Waals surface area contributed by atoms with E-state index in [2.05, 4.69) is 10.4 Å². The van der Waals surface area contributed by atoms with Gasteiger partial charge in [-0.3, -0.25) is 9.48 Å². The van der Waals surface area contributed by atoms with Crippen LogP contribution in [0, 0.1) is 0 Å². The first kappa shape index (κ1) is 16.2. The molecule has 0 spiro atoms. The normalized spacial score (nSPS) is 15.5. The van der Waals surface area contributed by atoms with E-state index in [1.165, 1.54) is 0 Å². The van der Waals surface area contributed by atoms with Gasteiger partial charge in [-0.25, -0.2) is 0 Å². The molecule has 0 aliphatic carbocycles. The maximum atomic E-state index is 12.1. The van der Waals surface area contributed by atoms with E-state index >= 15 is 0 Å². The summed E-state index contributed by atoms with van der Waals surface area (Å²) in [5, 5.41) is 7.16. The number of ether oxygens (including phenoxy) is 2. The molecule has 1 aliphatic heterocycles. The third kappa shape index (κ3) is 3.85. The highest BCUT2D eigenvalue weighted by Gasteiger charge is 2.21. The molecule has 1 N–H and O–H groups in total. The average molecular weight is 349 g/mol. The largest absolute Gasteiger partial charge is 0.486 e. The molecule has 132 valence electrons. The van der Waals surface area contributed by atoms with Crippen LogP contribution < -0.4 is 14.8 Å². The number of anilines is 1. The van der Waals surface area contributed by atoms with E-state index in [0.717, 1.165) is 17.1 Å². The minimum atomic E-state index is -0.127. The molecule has 1 unspecified atom stereocenters. The number of rotatable bonds is 5. The second-order valence-electron chi connectivity index (χ2n) is 6.16. The number of fused-ring (bicyclic) bond motifs is 1. The van der Waals surface area contributed by atoms with Crippen molar-refractivity contribution in [3.8, 4) is 11.5 Å². The van der Waals surface area contributed by atoms with Gasteiger partial charge in [0.25, 0.3) is 0 Å². The molecule has 1 atom stereocenters. The summed E-state index contributed by atoms with van der Waals surface area (Å²) in [6.45, 7) is 1.01. The number of benzene rings is 2. The van der Waals surface area contributed by atoms with Crippen molar-refractivity contribution in [2.75, 3.05) is 11.9 Å². The number of nitrogens with zero attached hydrogens (tertiary/aromatic N) is 2. The smallest absolute Gasteiger partial charge is 0.228 e. The van der Waals surface area contributed by atoms with Crippen LogP contribution in [0.15, 0.2) is 67.0 Å². The first-order valence-electron chi connectivity index (χ1n) is 8.51. The van der Waals surface area contributed by atoms with Gasteiger partial charge in [-0.1, -0.05) is 42.5 Å². The maximum Gasteiger partial charge on any atom is 0.228 e. The molecular formula is C20H19N3O3. The van der Waals surface area contributed by atoms with Crippen LogP contribution in [0.3, 0.4) is 0 Å². The fraction of sp³-hybridized carbons (Fsp3) is 0.200. The molecule has 1 amide bonds. The highest BCUT2D eigenvalue weighted by molar-refractivity contribution is 5.91. The van der Waals surface area contributed by atoms with Crippen LogP contribution >= 0.6 is 0 Å². The fourth-order valence-electron chi connectivity index (χ4n) is 2.88. The Kier molecular flexibility index (Phi) is 4.55. The van der Waals surface area contributed by atoms with Crippen molar-refractivity contribution in [1.29, 1.82) is 0 Å². The molecular weight excluding hydrogens is 330 g/mol. The second kappa shape index (κ2) is 7.31. The Hall–Kier alpha value is -3.28. The molecule has 0 bridgehead atoms. The molecule has 0 radical (unpaired) electrons. The lowest BCUT2D eigenvalue weighted by Crippen LogP contribution is -2.33. The first-order chi connectivity index (χ1) is 12.8. The van der Waals surface area contributed by atoms with Gasteiger partial charge in [-0.05, 0) is 17.7 Å². The lowest BCUT2D eigenvalue weighted by atomic mass is 10.1. The fourth-order valence-corrected chi connectivity index (χ4v) is 2.88. The van der Waals surface area contributed by atoms with Gasteiger partial charge in [0.1, 0.15) is 6.61 Å². The summed E-state index contributed by atoms with van der Waals surface area (Å²) < 4.78 is 13.4. The molecule has 26 heavy (non-hydrogen) atoms. The van der Waals surface area contributed by atoms with Crippen LogP contribution in [-0.2, 0) is 17.8 Å². The van der Waals surface area contributed by atoms with Crippen LogP contribution in [0.5, 0.6) is 11.5 Å². The van der Waals surface area contributed by atoms with Gasteiger partial charge in [0.2, 0.25) is 5.91 Å². The molecule has 2 aromatic carbocycles. The zero-order valence-corrected chi connectivity index (χ0v) is 14.2. The molecule has 3 aromatic rings. The van der Waals surface area contributed by atoms with Crippen LogP contribution in [0.2, 0.25) is 0 Å². The number of aromatic nitrogens is 2. The van der Waals surface area contributed by atoms with Gasteiger partial charge in [-0.2, -0.15) is 5.10 Å². The lowest BCUT2D eigenvalue weighted by molar-refractivity contribution is -0.115. The van der Waals surface area contributed by atoms with Crippen molar-refractivity contribution in [3.05, 3.63) is 72.6 Å². The maximum absolute atomic E-state index is 12.1. The first-order valence-corrected chi connectivity index (χ1v) is 8.51. The van der Waals surface area contributed by atoms with Gasteiger partial charge in [0, 0.05) is 6.20 Å². The predicted molar refractivity (Wildman–Crippen MR) is 97.4 cm³/mol. The number of hydrogen-bond donors (Lipinski definition) is 1. The van der Waals surface area contributed by atoms with Crippen LogP contribution in [0.1, 0.15) is 5.56 Å². The van der Waals surface area contributed by atoms with E-state index in [0.29, 0.717) is 25.3 Å². The minimum absolute atomic E-state index is 0.0677. The average Bonchev–Trinajstić information content (AvgIpc) is 3.09. The number of para-hydroxylation sites is 2. The standard InChI is InChI=1S/C20H19N3O3/c24-20(10-15-6-2-1-3-7-15)22-16-11-21-23(12-16)13-17-14-25-18-8-4-5-9-19(18)26-17/h1-9,11-12,17H,10,13-14H2,(H,22,24). The molecule has 0 fully saturated rings. The number of carbonyl (C=O) groups excluding carboxylic acids is 1. The monoisotopic (exact) mass is 349 g/mol. The molecule has 4 rings (SSSR count). The van der Waals surface area contributed by atoms with Gasteiger partial charge in [0.05, 0.1) is 24.8 Å². The quantitative estimate of drug-likeness (QED) is 0.769. The van der Waals surface area contributed by atoms with Crippen molar-refractivity contribution in [2.45, 2.75) is 19.1 Å². The van der Waals surface area contributed by atoms with Crippen molar-refractivity contribution in [2.24, 2.45) is 0 Å². The van der Waals surface area contributed by atoms with Gasteiger partial charge >= 0.3 is 0 Å². The van der Waals surface area contributed by atoms with E-state index in [-0.39, 0.29) is 12.0 Å². The Balaban J connectivity index is 1.33. The minimum Gasteiger partial charge on any atom is -0.486 e. The number of amides is 1. The molecule has 1 aliphatic rings. The summed E-state index contributed by atoms with van der Waals surface area (Å²) >= 11 is 0. The lowest BCUT2D eigenvalue weighted by Gasteiger charge is -2.26.